The molecule has 59 heavy (non-hydrogen) atoms. The maximum absolute atomic E-state index is 12.5. The molecule has 0 rings (SSSR count). The van der Waals surface area contributed by atoms with Crippen LogP contribution in [0.25, 0.3) is 0 Å². The smallest absolute Gasteiger partial charge is 0.305 e. The van der Waals surface area contributed by atoms with Crippen LogP contribution in [-0.4, -0.2) is 47.4 Å². The SMILES string of the molecule is CCCCCCCCCCCCCCCCCCCCC(O)C(CO)NC(=O)CCCCCCCCCCCCCOC(=O)CCCCCCCCCCCCCCC. The Kier molecular flexibility index (Phi) is 48.6. The first-order valence-electron chi connectivity index (χ1n) is 26.8. The van der Waals surface area contributed by atoms with E-state index in [1.807, 2.05) is 0 Å². The van der Waals surface area contributed by atoms with E-state index in [0.717, 1.165) is 57.8 Å². The Labute approximate surface area is 368 Å². The molecule has 3 N–H and O–H groups in total. The van der Waals surface area contributed by atoms with E-state index in [4.69, 9.17) is 4.74 Å². The van der Waals surface area contributed by atoms with Gasteiger partial charge in [0.2, 0.25) is 5.91 Å². The Hall–Kier alpha value is -1.14. The van der Waals surface area contributed by atoms with E-state index >= 15 is 0 Å². The average Bonchev–Trinajstić information content (AvgIpc) is 3.24. The molecule has 6 nitrogen and oxygen atoms in total. The number of carbonyl (C=O) groups excluding carboxylic acids is 2. The first-order chi connectivity index (χ1) is 29.0. The molecule has 352 valence electrons. The molecular weight excluding hydrogens is 731 g/mol. The van der Waals surface area contributed by atoms with E-state index < -0.39 is 12.1 Å². The van der Waals surface area contributed by atoms with E-state index in [2.05, 4.69) is 19.2 Å². The third-order valence-electron chi connectivity index (χ3n) is 12.7. The highest BCUT2D eigenvalue weighted by Crippen LogP contribution is 2.17. The lowest BCUT2D eigenvalue weighted by molar-refractivity contribution is -0.143. The van der Waals surface area contributed by atoms with Gasteiger partial charge in [-0.25, -0.2) is 0 Å². The first-order valence-corrected chi connectivity index (χ1v) is 26.8. The minimum absolute atomic E-state index is 0.0111. The molecule has 0 fully saturated rings. The second-order valence-corrected chi connectivity index (χ2v) is 18.6. The Morgan fingerprint density at radius 1 is 0.407 bits per heavy atom. The molecule has 0 aromatic heterocycles. The van der Waals surface area contributed by atoms with E-state index in [-0.39, 0.29) is 18.5 Å². The molecule has 0 heterocycles. The number of hydrogen-bond acceptors (Lipinski definition) is 5. The summed E-state index contributed by atoms with van der Waals surface area (Å²) in [7, 11) is 0. The lowest BCUT2D eigenvalue weighted by atomic mass is 10.0. The molecule has 6 heteroatoms. The number of hydrogen-bond donors (Lipinski definition) is 3. The topological polar surface area (TPSA) is 95.9 Å². The number of amides is 1. The minimum atomic E-state index is -0.675. The van der Waals surface area contributed by atoms with E-state index in [1.54, 1.807) is 0 Å². The summed E-state index contributed by atoms with van der Waals surface area (Å²) in [6.45, 7) is 4.93. The molecule has 2 atom stereocenters. The highest BCUT2D eigenvalue weighted by molar-refractivity contribution is 5.76. The van der Waals surface area contributed by atoms with Crippen LogP contribution >= 0.6 is 0 Å². The fourth-order valence-electron chi connectivity index (χ4n) is 8.52. The number of unbranched alkanes of at least 4 members (excludes halogenated alkanes) is 39. The van der Waals surface area contributed by atoms with Gasteiger partial charge in [0.25, 0.3) is 0 Å². The summed E-state index contributed by atoms with van der Waals surface area (Å²) in [5.74, 6) is -0.0616. The van der Waals surface area contributed by atoms with Gasteiger partial charge in [-0.3, -0.25) is 9.59 Å². The van der Waals surface area contributed by atoms with Gasteiger partial charge in [0, 0.05) is 12.8 Å². The summed E-state index contributed by atoms with van der Waals surface area (Å²) in [6, 6.07) is -0.554. The van der Waals surface area contributed by atoms with Crippen LogP contribution in [0.3, 0.4) is 0 Å². The van der Waals surface area contributed by atoms with Gasteiger partial charge in [-0.1, -0.05) is 264 Å². The number of nitrogens with one attached hydrogen (secondary N) is 1. The second-order valence-electron chi connectivity index (χ2n) is 18.6. The molecule has 0 aliphatic heterocycles. The Morgan fingerprint density at radius 2 is 0.695 bits per heavy atom. The second kappa shape index (κ2) is 49.5. The molecule has 0 bridgehead atoms. The Balaban J connectivity index is 3.46. The van der Waals surface area contributed by atoms with Crippen molar-refractivity contribution in [1.29, 1.82) is 0 Å². The summed E-state index contributed by atoms with van der Waals surface area (Å²) < 4.78 is 5.46. The number of aliphatic hydroxyl groups is 2. The third-order valence-corrected chi connectivity index (χ3v) is 12.7. The van der Waals surface area contributed by atoms with Crippen molar-refractivity contribution in [2.45, 2.75) is 315 Å². The molecule has 0 aromatic rings. The van der Waals surface area contributed by atoms with Crippen LogP contribution in [0, 0.1) is 0 Å². The molecule has 0 aliphatic carbocycles. The van der Waals surface area contributed by atoms with Gasteiger partial charge in [0.15, 0.2) is 0 Å². The Bertz CT molecular complexity index is 837. The number of esters is 1. The predicted molar refractivity (Wildman–Crippen MR) is 255 cm³/mol. The van der Waals surface area contributed by atoms with Crippen molar-refractivity contribution in [1.82, 2.24) is 5.32 Å². The standard InChI is InChI=1S/C53H105NO5/c1-3-5-7-9-11-13-15-17-18-19-20-21-23-25-29-33-37-41-45-51(56)50(49-55)54-52(57)46-42-38-34-30-26-24-28-32-36-40-44-48-59-53(58)47-43-39-35-31-27-22-16-14-12-10-8-6-4-2/h50-51,55-56H,3-49H2,1-2H3,(H,54,57). The fraction of sp³-hybridized carbons (Fsp3) is 0.962. The zero-order valence-electron chi connectivity index (χ0n) is 40.0. The number of ether oxygens (including phenoxy) is 1. The largest absolute Gasteiger partial charge is 0.466 e. The zero-order valence-corrected chi connectivity index (χ0v) is 40.0. The zero-order chi connectivity index (χ0) is 43.0. The highest BCUT2D eigenvalue weighted by Gasteiger charge is 2.20. The minimum Gasteiger partial charge on any atom is -0.466 e. The van der Waals surface area contributed by atoms with Crippen LogP contribution in [0.1, 0.15) is 303 Å². The van der Waals surface area contributed by atoms with Crippen LogP contribution in [-0.2, 0) is 14.3 Å². The summed E-state index contributed by atoms with van der Waals surface area (Å²) >= 11 is 0. The van der Waals surface area contributed by atoms with Crippen molar-refractivity contribution in [3.8, 4) is 0 Å². The van der Waals surface area contributed by atoms with Crippen LogP contribution in [0.15, 0.2) is 0 Å². The van der Waals surface area contributed by atoms with Crippen LogP contribution in [0.2, 0.25) is 0 Å². The normalized spacial score (nSPS) is 12.5. The van der Waals surface area contributed by atoms with Gasteiger partial charge < -0.3 is 20.3 Å². The molecule has 1 amide bonds. The van der Waals surface area contributed by atoms with Crippen molar-refractivity contribution in [2.24, 2.45) is 0 Å². The first kappa shape index (κ1) is 57.9. The summed E-state index contributed by atoms with van der Waals surface area (Å²) in [5.41, 5.74) is 0. The van der Waals surface area contributed by atoms with Gasteiger partial charge in [-0.2, -0.15) is 0 Å². The van der Waals surface area contributed by atoms with Crippen molar-refractivity contribution in [3.05, 3.63) is 0 Å². The molecule has 0 aromatic carbocycles. The van der Waals surface area contributed by atoms with Gasteiger partial charge >= 0.3 is 5.97 Å². The number of carbonyl (C=O) groups is 2. The van der Waals surface area contributed by atoms with Crippen LogP contribution in [0.5, 0.6) is 0 Å². The van der Waals surface area contributed by atoms with E-state index in [0.29, 0.717) is 25.9 Å². The third kappa shape index (κ3) is 46.2. The van der Waals surface area contributed by atoms with Crippen molar-refractivity contribution >= 4 is 11.9 Å². The summed E-state index contributed by atoms with van der Waals surface area (Å²) in [6.07, 6.45) is 55.0. The molecule has 0 saturated carbocycles. The number of rotatable bonds is 50. The maximum atomic E-state index is 12.5. The highest BCUT2D eigenvalue weighted by atomic mass is 16.5. The van der Waals surface area contributed by atoms with Crippen molar-refractivity contribution < 1.29 is 24.5 Å². The fourth-order valence-corrected chi connectivity index (χ4v) is 8.52. The molecule has 0 aliphatic rings. The van der Waals surface area contributed by atoms with Crippen molar-refractivity contribution in [3.63, 3.8) is 0 Å². The van der Waals surface area contributed by atoms with Crippen LogP contribution in [0.4, 0.5) is 0 Å². The van der Waals surface area contributed by atoms with Gasteiger partial charge in [0.05, 0.1) is 25.4 Å². The predicted octanol–water partition coefficient (Wildman–Crippen LogP) is 16.0. The Morgan fingerprint density at radius 3 is 1.03 bits per heavy atom. The lowest BCUT2D eigenvalue weighted by Gasteiger charge is -2.22. The quantitative estimate of drug-likeness (QED) is 0.0419. The van der Waals surface area contributed by atoms with Crippen LogP contribution < -0.4 is 5.32 Å². The monoisotopic (exact) mass is 836 g/mol. The average molecular weight is 836 g/mol. The van der Waals surface area contributed by atoms with Gasteiger partial charge in [0.1, 0.15) is 0 Å². The van der Waals surface area contributed by atoms with Gasteiger partial charge in [-0.05, 0) is 25.7 Å². The van der Waals surface area contributed by atoms with E-state index in [1.165, 1.54) is 212 Å². The molecular formula is C53H105NO5. The van der Waals surface area contributed by atoms with E-state index in [9.17, 15) is 19.8 Å². The molecule has 0 saturated heterocycles. The van der Waals surface area contributed by atoms with Gasteiger partial charge in [-0.15, -0.1) is 0 Å². The maximum Gasteiger partial charge on any atom is 0.305 e. The molecule has 2 unspecified atom stereocenters. The molecule has 0 spiro atoms. The van der Waals surface area contributed by atoms with Crippen molar-refractivity contribution in [2.75, 3.05) is 13.2 Å². The summed E-state index contributed by atoms with van der Waals surface area (Å²) in [4.78, 5) is 24.5. The number of aliphatic hydroxyl groups excluding tert-OH is 2. The lowest BCUT2D eigenvalue weighted by Crippen LogP contribution is -2.45. The summed E-state index contributed by atoms with van der Waals surface area (Å²) in [5, 5.41) is 23.3. The molecule has 0 radical (unpaired) electrons.